The lowest BCUT2D eigenvalue weighted by Crippen LogP contribution is -1.93. The second kappa shape index (κ2) is 14.5. The van der Waals surface area contributed by atoms with Gasteiger partial charge in [-0.25, -0.2) is 0 Å². The van der Waals surface area contributed by atoms with Crippen LogP contribution < -0.4 is 0 Å². The van der Waals surface area contributed by atoms with Crippen LogP contribution in [0.1, 0.15) is 51.9 Å². The molecule has 0 aliphatic rings. The molecule has 2 N–H and O–H groups in total. The van der Waals surface area contributed by atoms with Crippen LogP contribution in [0.2, 0.25) is 0 Å². The summed E-state index contributed by atoms with van der Waals surface area (Å²) in [5, 5.41) is 15.2. The molecule has 0 aromatic rings. The third-order valence-corrected chi connectivity index (χ3v) is 1.74. The summed E-state index contributed by atoms with van der Waals surface area (Å²) < 4.78 is 0. The van der Waals surface area contributed by atoms with Crippen molar-refractivity contribution in [3.63, 3.8) is 0 Å². The monoisotopic (exact) mass is 204 g/mol. The molecule has 84 valence electrons. The Balaban J connectivity index is 0. The lowest BCUT2D eigenvalue weighted by molar-refractivity contribution is -0.137. The van der Waals surface area contributed by atoms with E-state index in [4.69, 9.17) is 15.0 Å². The highest BCUT2D eigenvalue weighted by Crippen LogP contribution is 2.06. The van der Waals surface area contributed by atoms with E-state index in [2.05, 4.69) is 6.92 Å². The Morgan fingerprint density at radius 3 is 2.00 bits per heavy atom. The van der Waals surface area contributed by atoms with Crippen molar-refractivity contribution in [3.8, 4) is 0 Å². The van der Waals surface area contributed by atoms with Gasteiger partial charge in [0, 0.05) is 6.42 Å². The van der Waals surface area contributed by atoms with E-state index in [1.807, 2.05) is 0 Å². The van der Waals surface area contributed by atoms with Gasteiger partial charge in [-0.15, -0.1) is 0 Å². The zero-order valence-corrected chi connectivity index (χ0v) is 8.74. The van der Waals surface area contributed by atoms with Crippen LogP contribution in [0.3, 0.4) is 0 Å². The van der Waals surface area contributed by atoms with Gasteiger partial charge >= 0.3 is 5.97 Å². The Kier molecular flexibility index (Phi) is 15.9. The molecule has 4 heteroatoms. The second-order valence-corrected chi connectivity index (χ2v) is 3.02. The average molecular weight is 204 g/mol. The molecular formula is C10H20O4. The lowest BCUT2D eigenvalue weighted by Gasteiger charge is -1.97. The minimum atomic E-state index is -0.666. The Hall–Kier alpha value is -1.06. The van der Waals surface area contributed by atoms with Crippen molar-refractivity contribution in [1.82, 2.24) is 0 Å². The van der Waals surface area contributed by atoms with E-state index >= 15 is 0 Å². The van der Waals surface area contributed by atoms with Crippen molar-refractivity contribution in [2.75, 3.05) is 0 Å². The zero-order chi connectivity index (χ0) is 11.2. The Morgan fingerprint density at radius 1 is 1.14 bits per heavy atom. The first-order chi connectivity index (χ1) is 6.68. The molecule has 0 bridgehead atoms. The van der Waals surface area contributed by atoms with Gasteiger partial charge in [-0.1, -0.05) is 39.0 Å². The summed E-state index contributed by atoms with van der Waals surface area (Å²) in [4.78, 5) is 18.4. The molecule has 0 radical (unpaired) electrons. The van der Waals surface area contributed by atoms with Gasteiger partial charge in [0.25, 0.3) is 6.47 Å². The number of aliphatic carboxylic acids is 1. The van der Waals surface area contributed by atoms with E-state index < -0.39 is 5.97 Å². The van der Waals surface area contributed by atoms with Crippen molar-refractivity contribution in [1.29, 1.82) is 0 Å². The highest BCUT2D eigenvalue weighted by Gasteiger charge is 1.95. The molecule has 0 saturated carbocycles. The number of carboxylic acid groups (broad SMARTS) is 2. The second-order valence-electron chi connectivity index (χ2n) is 3.02. The maximum absolute atomic E-state index is 10.1. The molecule has 0 heterocycles. The Morgan fingerprint density at radius 2 is 1.57 bits per heavy atom. The number of unbranched alkanes of at least 4 members (excludes halogenated alkanes) is 5. The first-order valence-electron chi connectivity index (χ1n) is 4.98. The third-order valence-electron chi connectivity index (χ3n) is 1.74. The standard InChI is InChI=1S/C9H18O2.CH2O2/c1-2-3-4-5-6-7-8-9(10)11;2-1-3/h2-8H2,1H3,(H,10,11);1H,(H,2,3). The fraction of sp³-hybridized carbons (Fsp3) is 0.800. The van der Waals surface area contributed by atoms with Crippen LogP contribution in [0.15, 0.2) is 0 Å². The first-order valence-corrected chi connectivity index (χ1v) is 4.98. The molecule has 0 saturated heterocycles. The van der Waals surface area contributed by atoms with Gasteiger partial charge in [-0.3, -0.25) is 9.59 Å². The summed E-state index contributed by atoms with van der Waals surface area (Å²) in [6, 6.07) is 0. The van der Waals surface area contributed by atoms with E-state index in [0.29, 0.717) is 6.42 Å². The van der Waals surface area contributed by atoms with Crippen LogP contribution in [0, 0.1) is 0 Å². The maximum atomic E-state index is 10.1. The highest BCUT2D eigenvalue weighted by molar-refractivity contribution is 5.66. The van der Waals surface area contributed by atoms with Crippen molar-refractivity contribution >= 4 is 12.4 Å². The van der Waals surface area contributed by atoms with Gasteiger partial charge in [0.05, 0.1) is 0 Å². The van der Waals surface area contributed by atoms with Crippen LogP contribution in [0.25, 0.3) is 0 Å². The number of rotatable bonds is 7. The largest absolute Gasteiger partial charge is 0.483 e. The Bertz CT molecular complexity index is 134. The molecule has 0 atom stereocenters. The molecule has 0 spiro atoms. The van der Waals surface area contributed by atoms with Gasteiger partial charge in [-0.05, 0) is 6.42 Å². The predicted octanol–water partition coefficient (Wildman–Crippen LogP) is 2.52. The Labute approximate surface area is 84.9 Å². The fourth-order valence-corrected chi connectivity index (χ4v) is 1.06. The average Bonchev–Trinajstić information content (AvgIpc) is 2.12. The summed E-state index contributed by atoms with van der Waals surface area (Å²) in [5.74, 6) is -0.666. The van der Waals surface area contributed by atoms with Crippen LogP contribution in [0.5, 0.6) is 0 Å². The molecule has 0 amide bonds. The first kappa shape index (κ1) is 15.4. The topological polar surface area (TPSA) is 74.6 Å². The summed E-state index contributed by atoms with van der Waals surface area (Å²) in [5.41, 5.74) is 0. The number of hydrogen-bond donors (Lipinski definition) is 2. The maximum Gasteiger partial charge on any atom is 0.303 e. The molecule has 4 nitrogen and oxygen atoms in total. The lowest BCUT2D eigenvalue weighted by atomic mass is 10.1. The predicted molar refractivity (Wildman–Crippen MR) is 54.3 cm³/mol. The number of carbonyl (C=O) groups is 2. The minimum absolute atomic E-state index is 0.250. The van der Waals surface area contributed by atoms with Crippen molar-refractivity contribution in [2.45, 2.75) is 51.9 Å². The number of hydrogen-bond acceptors (Lipinski definition) is 2. The fourth-order valence-electron chi connectivity index (χ4n) is 1.06. The summed E-state index contributed by atoms with van der Waals surface area (Å²) in [7, 11) is 0. The van der Waals surface area contributed by atoms with Gasteiger partial charge in [0.2, 0.25) is 0 Å². The van der Waals surface area contributed by atoms with Crippen LogP contribution in [-0.4, -0.2) is 22.7 Å². The molecule has 0 aromatic carbocycles. The smallest absolute Gasteiger partial charge is 0.303 e. The van der Waals surface area contributed by atoms with Crippen LogP contribution >= 0.6 is 0 Å². The van der Waals surface area contributed by atoms with Crippen molar-refractivity contribution < 1.29 is 19.8 Å². The van der Waals surface area contributed by atoms with Gasteiger partial charge in [-0.2, -0.15) is 0 Å². The van der Waals surface area contributed by atoms with Gasteiger partial charge in [0.15, 0.2) is 0 Å². The zero-order valence-electron chi connectivity index (χ0n) is 8.74. The highest BCUT2D eigenvalue weighted by atomic mass is 16.4. The van der Waals surface area contributed by atoms with E-state index in [1.165, 1.54) is 25.7 Å². The van der Waals surface area contributed by atoms with Gasteiger partial charge in [0.1, 0.15) is 0 Å². The quantitative estimate of drug-likeness (QED) is 0.493. The molecule has 0 aromatic heterocycles. The SMILES string of the molecule is CCCCCCCCC(=O)O.O=CO. The van der Waals surface area contributed by atoms with E-state index in [9.17, 15) is 4.79 Å². The minimum Gasteiger partial charge on any atom is -0.483 e. The normalized spacial score (nSPS) is 8.64. The van der Waals surface area contributed by atoms with Gasteiger partial charge < -0.3 is 10.2 Å². The molecule has 0 unspecified atom stereocenters. The molecular weight excluding hydrogens is 184 g/mol. The van der Waals surface area contributed by atoms with E-state index in [0.717, 1.165) is 12.8 Å². The van der Waals surface area contributed by atoms with E-state index in [1.54, 1.807) is 0 Å². The molecule has 0 rings (SSSR count). The summed E-state index contributed by atoms with van der Waals surface area (Å²) in [6.45, 7) is 1.93. The number of carboxylic acids is 1. The molecule has 0 aliphatic heterocycles. The third kappa shape index (κ3) is 22.4. The molecule has 0 fully saturated rings. The van der Waals surface area contributed by atoms with E-state index in [-0.39, 0.29) is 6.47 Å². The molecule has 0 aliphatic carbocycles. The summed E-state index contributed by atoms with van der Waals surface area (Å²) >= 11 is 0. The van der Waals surface area contributed by atoms with Crippen LogP contribution in [-0.2, 0) is 9.59 Å². The summed E-state index contributed by atoms with van der Waals surface area (Å²) in [6.07, 6.45) is 7.25. The van der Waals surface area contributed by atoms with Crippen LogP contribution in [0.4, 0.5) is 0 Å². The molecule has 14 heavy (non-hydrogen) atoms. The van der Waals surface area contributed by atoms with Crippen molar-refractivity contribution in [2.24, 2.45) is 0 Å². The van der Waals surface area contributed by atoms with Crippen molar-refractivity contribution in [3.05, 3.63) is 0 Å².